The van der Waals surface area contributed by atoms with Crippen LogP contribution in [0.15, 0.2) is 0 Å². The third-order valence-electron chi connectivity index (χ3n) is 3.26. The molecule has 0 radical (unpaired) electrons. The van der Waals surface area contributed by atoms with Crippen molar-refractivity contribution in [3.05, 3.63) is 0 Å². The molecule has 1 amide bonds. The van der Waals surface area contributed by atoms with Gasteiger partial charge in [-0.15, -0.1) is 0 Å². The second kappa shape index (κ2) is 5.47. The van der Waals surface area contributed by atoms with Gasteiger partial charge in [0.25, 0.3) is 0 Å². The van der Waals surface area contributed by atoms with Gasteiger partial charge in [0.05, 0.1) is 6.04 Å². The molecule has 4 nitrogen and oxygen atoms in total. The Hall–Kier alpha value is -0.610. The van der Waals surface area contributed by atoms with Gasteiger partial charge >= 0.3 is 0 Å². The molecule has 2 aliphatic rings. The van der Waals surface area contributed by atoms with Crippen LogP contribution in [0.1, 0.15) is 25.7 Å². The van der Waals surface area contributed by atoms with Crippen LogP contribution < -0.4 is 10.6 Å². The molecule has 2 fully saturated rings. The Labute approximate surface area is 91.4 Å². The Morgan fingerprint density at radius 1 is 1.07 bits per heavy atom. The van der Waals surface area contributed by atoms with Gasteiger partial charge in [0, 0.05) is 19.6 Å². The van der Waals surface area contributed by atoms with Crippen LogP contribution in [-0.4, -0.2) is 49.6 Å². The number of nitrogens with zero attached hydrogens (tertiary/aromatic N) is 1. The molecule has 1 atom stereocenters. The molecule has 0 spiro atoms. The summed E-state index contributed by atoms with van der Waals surface area (Å²) in [7, 11) is 0. The van der Waals surface area contributed by atoms with Crippen molar-refractivity contribution in [3.63, 3.8) is 0 Å². The van der Waals surface area contributed by atoms with E-state index in [1.54, 1.807) is 0 Å². The van der Waals surface area contributed by atoms with Crippen LogP contribution in [-0.2, 0) is 4.79 Å². The number of piperidine rings is 1. The van der Waals surface area contributed by atoms with Gasteiger partial charge in [0.1, 0.15) is 0 Å². The lowest BCUT2D eigenvalue weighted by Crippen LogP contribution is -2.49. The largest absolute Gasteiger partial charge is 0.340 e. The summed E-state index contributed by atoms with van der Waals surface area (Å²) in [5, 5.41) is 6.65. The molecule has 4 heteroatoms. The normalized spacial score (nSPS) is 28.5. The number of amides is 1. The van der Waals surface area contributed by atoms with Crippen molar-refractivity contribution < 1.29 is 4.79 Å². The molecular weight excluding hydrogens is 190 g/mol. The van der Waals surface area contributed by atoms with E-state index in [1.165, 1.54) is 12.8 Å². The molecule has 2 heterocycles. The maximum absolute atomic E-state index is 12.1. The van der Waals surface area contributed by atoms with Gasteiger partial charge in [-0.2, -0.15) is 0 Å². The Kier molecular flexibility index (Phi) is 3.97. The smallest absolute Gasteiger partial charge is 0.239 e. The topological polar surface area (TPSA) is 44.4 Å². The van der Waals surface area contributed by atoms with E-state index < -0.39 is 0 Å². The summed E-state index contributed by atoms with van der Waals surface area (Å²) >= 11 is 0. The van der Waals surface area contributed by atoms with Crippen LogP contribution in [0.2, 0.25) is 0 Å². The minimum Gasteiger partial charge on any atom is -0.340 e. The summed E-state index contributed by atoms with van der Waals surface area (Å²) in [4.78, 5) is 14.2. The number of nitrogens with one attached hydrogen (secondary N) is 2. The number of carbonyl (C=O) groups is 1. The van der Waals surface area contributed by atoms with E-state index in [2.05, 4.69) is 10.6 Å². The fraction of sp³-hybridized carbons (Fsp3) is 0.909. The van der Waals surface area contributed by atoms with Crippen LogP contribution in [0.5, 0.6) is 0 Å². The zero-order chi connectivity index (χ0) is 10.5. The SMILES string of the molecule is O=C(C1CCCCN1)N1CCCNCC1. The van der Waals surface area contributed by atoms with Crippen LogP contribution >= 0.6 is 0 Å². The third kappa shape index (κ3) is 2.92. The molecule has 86 valence electrons. The quantitative estimate of drug-likeness (QED) is 0.639. The van der Waals surface area contributed by atoms with Gasteiger partial charge < -0.3 is 15.5 Å². The first kappa shape index (κ1) is 10.9. The zero-order valence-electron chi connectivity index (χ0n) is 9.30. The highest BCUT2D eigenvalue weighted by Gasteiger charge is 2.25. The first-order chi connectivity index (χ1) is 7.38. The summed E-state index contributed by atoms with van der Waals surface area (Å²) in [5.74, 6) is 0.318. The Bertz CT molecular complexity index is 206. The number of rotatable bonds is 1. The molecule has 0 bridgehead atoms. The number of hydrogen-bond donors (Lipinski definition) is 2. The van der Waals surface area contributed by atoms with Crippen molar-refractivity contribution in [2.75, 3.05) is 32.7 Å². The van der Waals surface area contributed by atoms with Crippen LogP contribution in [0.25, 0.3) is 0 Å². The minimum atomic E-state index is 0.0943. The molecule has 2 aliphatic heterocycles. The molecule has 0 aromatic carbocycles. The predicted octanol–water partition coefficient (Wildman–Crippen LogP) is -0.0496. The van der Waals surface area contributed by atoms with Crippen LogP contribution in [0, 0.1) is 0 Å². The fourth-order valence-corrected chi connectivity index (χ4v) is 2.35. The molecule has 0 aromatic rings. The molecule has 0 saturated carbocycles. The van der Waals surface area contributed by atoms with E-state index in [4.69, 9.17) is 0 Å². The van der Waals surface area contributed by atoms with Gasteiger partial charge in [-0.25, -0.2) is 0 Å². The number of hydrogen-bond acceptors (Lipinski definition) is 3. The highest BCUT2D eigenvalue weighted by Crippen LogP contribution is 2.10. The molecule has 2 rings (SSSR count). The van der Waals surface area contributed by atoms with Crippen molar-refractivity contribution in [1.29, 1.82) is 0 Å². The van der Waals surface area contributed by atoms with E-state index >= 15 is 0 Å². The summed E-state index contributed by atoms with van der Waals surface area (Å²) < 4.78 is 0. The summed E-state index contributed by atoms with van der Waals surface area (Å²) in [6.07, 6.45) is 4.50. The van der Waals surface area contributed by atoms with Crippen LogP contribution in [0.3, 0.4) is 0 Å². The Morgan fingerprint density at radius 3 is 2.80 bits per heavy atom. The zero-order valence-corrected chi connectivity index (χ0v) is 9.30. The highest BCUT2D eigenvalue weighted by atomic mass is 16.2. The molecule has 0 aliphatic carbocycles. The molecular formula is C11H21N3O. The minimum absolute atomic E-state index is 0.0943. The molecule has 2 saturated heterocycles. The lowest BCUT2D eigenvalue weighted by Gasteiger charge is -2.29. The van der Waals surface area contributed by atoms with E-state index in [0.29, 0.717) is 5.91 Å². The standard InChI is InChI=1S/C11H21N3O/c15-11(10-4-1-2-6-13-10)14-8-3-5-12-7-9-14/h10,12-13H,1-9H2. The van der Waals surface area contributed by atoms with Crippen molar-refractivity contribution in [2.45, 2.75) is 31.7 Å². The number of carbonyl (C=O) groups excluding carboxylic acids is 1. The lowest BCUT2D eigenvalue weighted by molar-refractivity contribution is -0.133. The van der Waals surface area contributed by atoms with Gasteiger partial charge in [0.2, 0.25) is 5.91 Å². The van der Waals surface area contributed by atoms with Crippen molar-refractivity contribution in [1.82, 2.24) is 15.5 Å². The van der Waals surface area contributed by atoms with Gasteiger partial charge in [0.15, 0.2) is 0 Å². The van der Waals surface area contributed by atoms with E-state index in [0.717, 1.165) is 45.6 Å². The van der Waals surface area contributed by atoms with Crippen molar-refractivity contribution in [2.24, 2.45) is 0 Å². The summed E-state index contributed by atoms with van der Waals surface area (Å²) in [6, 6.07) is 0.0943. The summed E-state index contributed by atoms with van der Waals surface area (Å²) in [6.45, 7) is 4.78. The predicted molar refractivity (Wildman–Crippen MR) is 59.7 cm³/mol. The van der Waals surface area contributed by atoms with Crippen molar-refractivity contribution in [3.8, 4) is 0 Å². The molecule has 2 N–H and O–H groups in total. The third-order valence-corrected chi connectivity index (χ3v) is 3.26. The van der Waals surface area contributed by atoms with Crippen molar-refractivity contribution >= 4 is 5.91 Å². The monoisotopic (exact) mass is 211 g/mol. The van der Waals surface area contributed by atoms with Gasteiger partial charge in [-0.3, -0.25) is 4.79 Å². The Morgan fingerprint density at radius 2 is 2.00 bits per heavy atom. The molecule has 15 heavy (non-hydrogen) atoms. The maximum Gasteiger partial charge on any atom is 0.239 e. The van der Waals surface area contributed by atoms with Crippen LogP contribution in [0.4, 0.5) is 0 Å². The van der Waals surface area contributed by atoms with E-state index in [9.17, 15) is 4.79 Å². The second-order valence-electron chi connectivity index (χ2n) is 4.43. The highest BCUT2D eigenvalue weighted by molar-refractivity contribution is 5.82. The first-order valence-electron chi connectivity index (χ1n) is 6.11. The first-order valence-corrected chi connectivity index (χ1v) is 6.11. The molecule has 0 aromatic heterocycles. The summed E-state index contributed by atoms with van der Waals surface area (Å²) in [5.41, 5.74) is 0. The average Bonchev–Trinajstić information content (AvgIpc) is 2.58. The van der Waals surface area contributed by atoms with E-state index in [-0.39, 0.29) is 6.04 Å². The maximum atomic E-state index is 12.1. The Balaban J connectivity index is 1.87. The van der Waals surface area contributed by atoms with Gasteiger partial charge in [-0.1, -0.05) is 6.42 Å². The average molecular weight is 211 g/mol. The van der Waals surface area contributed by atoms with E-state index in [1.807, 2.05) is 4.90 Å². The lowest BCUT2D eigenvalue weighted by atomic mass is 10.0. The second-order valence-corrected chi connectivity index (χ2v) is 4.43. The van der Waals surface area contributed by atoms with Gasteiger partial charge in [-0.05, 0) is 32.4 Å². The molecule has 1 unspecified atom stereocenters. The fourth-order valence-electron chi connectivity index (χ4n) is 2.35.